The van der Waals surface area contributed by atoms with Gasteiger partial charge < -0.3 is 36.6 Å². The fourth-order valence-corrected chi connectivity index (χ4v) is 7.15. The summed E-state index contributed by atoms with van der Waals surface area (Å²) in [6.45, 7) is 5.38. The number of carboxylic acid groups (broad SMARTS) is 2. The first-order valence-corrected chi connectivity index (χ1v) is 18.4. The number of nitrogens with zero attached hydrogens (tertiary/aromatic N) is 3. The minimum absolute atomic E-state index is 0.00292. The number of hydrogen-bond acceptors (Lipinski definition) is 15. The first-order valence-electron chi connectivity index (χ1n) is 16.2. The Morgan fingerprint density at radius 2 is 2.04 bits per heavy atom. The largest absolute Gasteiger partial charge is 0.485 e. The fourth-order valence-electron chi connectivity index (χ4n) is 6.14. The Labute approximate surface area is 303 Å². The van der Waals surface area contributed by atoms with Gasteiger partial charge in [-0.1, -0.05) is 23.4 Å². The van der Waals surface area contributed by atoms with Crippen LogP contribution in [-0.4, -0.2) is 93.4 Å². The molecule has 52 heavy (non-hydrogen) atoms. The van der Waals surface area contributed by atoms with E-state index in [0.29, 0.717) is 23.8 Å². The Balaban J connectivity index is 0.00000195. The predicted molar refractivity (Wildman–Crippen MR) is 186 cm³/mol. The molecule has 0 radical (unpaired) electrons. The van der Waals surface area contributed by atoms with Gasteiger partial charge >= 0.3 is 16.4 Å². The van der Waals surface area contributed by atoms with Gasteiger partial charge in [0.1, 0.15) is 11.4 Å². The number of aryl methyl sites for hydroxylation is 1. The molecule has 4 heterocycles. The molecule has 284 valence electrons. The molecule has 1 saturated heterocycles. The summed E-state index contributed by atoms with van der Waals surface area (Å²) in [7, 11) is -4.99. The number of carbonyl (C=O) groups is 4. The van der Waals surface area contributed by atoms with Crippen molar-refractivity contribution in [1.29, 1.82) is 0 Å². The quantitative estimate of drug-likeness (QED) is 0.0527. The van der Waals surface area contributed by atoms with Crippen LogP contribution in [0.3, 0.4) is 0 Å². The Kier molecular flexibility index (Phi) is 12.6. The lowest BCUT2D eigenvalue weighted by Gasteiger charge is -2.50. The smallest absolute Gasteiger partial charge is 0.418 e. The number of oxime groups is 1. The maximum atomic E-state index is 13.6. The normalized spacial score (nSPS) is 22.1. The monoisotopic (exact) mass is 766 g/mol. The molecule has 1 fully saturated rings. The standard InChI is InChI=1S/C31H40N6O10S2.CH2O2/c1-30(2)21(27(39)37(30)47-49(42,43)44)14-23(38)26(22-16-48-29(33)35-22)36-46-31(3,28(40)41)25-11-8-18-13-17(7-10-24(18)45-25)19-6-9-20(34-15-19)5-4-12-32;2-1-3/h7,9-10,13,16,19,21,25,34H,4-6,8,11-12,14-15,32H2,1-3H3,(H2,33,35)(H,40,41)(H,42,43,44);1H,(H,2,3)/b36-26-;/t19?,21-,25-,31+;/m1./s1. The number of fused-ring (bicyclic) bond motifs is 1. The van der Waals surface area contributed by atoms with Crippen LogP contribution in [0.1, 0.15) is 75.6 Å². The van der Waals surface area contributed by atoms with E-state index in [0.717, 1.165) is 48.3 Å². The number of benzene rings is 1. The lowest BCUT2D eigenvalue weighted by Crippen LogP contribution is -2.68. The number of ether oxygens (including phenoxy) is 1. The summed E-state index contributed by atoms with van der Waals surface area (Å²) in [6.07, 6.45) is 4.27. The summed E-state index contributed by atoms with van der Waals surface area (Å²) in [5, 5.41) is 26.7. The molecule has 3 aliphatic heterocycles. The van der Waals surface area contributed by atoms with Crippen molar-refractivity contribution in [2.45, 2.75) is 82.5 Å². The molecule has 1 aromatic heterocycles. The fraction of sp³-hybridized carbons (Fsp3) is 0.500. The second kappa shape index (κ2) is 16.4. The van der Waals surface area contributed by atoms with E-state index in [1.807, 2.05) is 12.1 Å². The SMILES string of the molecule is CC1(C)[C@H](CC(=O)/C(=N\O[C@](C)(C(=O)O)[C@H]2CCc3cc(C4CC=C(CCCN)NC4)ccc3O2)c2csc(N)n2)C(=O)N1OS(=O)(=O)O.O=CO. The van der Waals surface area contributed by atoms with Crippen molar-refractivity contribution in [2.24, 2.45) is 16.8 Å². The summed E-state index contributed by atoms with van der Waals surface area (Å²) in [4.78, 5) is 57.1. The number of nitrogen functional groups attached to an aromatic ring is 1. The van der Waals surface area contributed by atoms with E-state index in [1.54, 1.807) is 0 Å². The summed E-state index contributed by atoms with van der Waals surface area (Å²) in [6, 6.07) is 5.89. The van der Waals surface area contributed by atoms with Gasteiger partial charge in [-0.05, 0) is 76.6 Å². The number of carbonyl (C=O) groups excluding carboxylic acids is 2. The van der Waals surface area contributed by atoms with E-state index >= 15 is 0 Å². The molecule has 8 N–H and O–H groups in total. The van der Waals surface area contributed by atoms with E-state index < -0.39 is 57.6 Å². The molecule has 4 atom stereocenters. The van der Waals surface area contributed by atoms with Gasteiger partial charge in [0.25, 0.3) is 18.0 Å². The number of allylic oxidation sites excluding steroid dienone is 2. The average molecular weight is 767 g/mol. The zero-order valence-electron chi connectivity index (χ0n) is 28.7. The summed E-state index contributed by atoms with van der Waals surface area (Å²) in [5.41, 5.74) is 11.0. The van der Waals surface area contributed by atoms with Crippen LogP contribution in [0.15, 0.2) is 40.5 Å². The number of hydrogen-bond donors (Lipinski definition) is 6. The number of Topliss-reactive ketones (excluding diaryl/α,β-unsaturated/α-hetero) is 1. The van der Waals surface area contributed by atoms with Gasteiger partial charge in [-0.25, -0.2) is 9.78 Å². The number of nitrogens with one attached hydrogen (secondary N) is 1. The molecule has 3 aliphatic rings. The van der Waals surface area contributed by atoms with Crippen LogP contribution in [0.2, 0.25) is 0 Å². The molecule has 18 nitrogen and oxygen atoms in total. The van der Waals surface area contributed by atoms with E-state index in [-0.39, 0.29) is 35.3 Å². The molecule has 1 unspecified atom stereocenters. The number of β-lactam (4-membered cyclic amide) rings is 1. The number of aromatic nitrogens is 1. The number of anilines is 1. The van der Waals surface area contributed by atoms with Crippen LogP contribution in [0.25, 0.3) is 0 Å². The van der Waals surface area contributed by atoms with E-state index in [4.69, 9.17) is 35.5 Å². The molecular weight excluding hydrogens is 725 g/mol. The van der Waals surface area contributed by atoms with Crippen molar-refractivity contribution >= 4 is 56.7 Å². The highest BCUT2D eigenvalue weighted by Gasteiger charge is 2.58. The van der Waals surface area contributed by atoms with Gasteiger partial charge in [0, 0.05) is 30.0 Å². The topological polar surface area (TPSA) is 283 Å². The molecule has 20 heteroatoms. The van der Waals surface area contributed by atoms with Gasteiger partial charge in [-0.2, -0.15) is 13.5 Å². The minimum atomic E-state index is -4.99. The van der Waals surface area contributed by atoms with Crippen LogP contribution in [0.5, 0.6) is 5.75 Å². The predicted octanol–water partition coefficient (Wildman–Crippen LogP) is 2.01. The third-order valence-electron chi connectivity index (χ3n) is 9.20. The highest BCUT2D eigenvalue weighted by atomic mass is 32.3. The number of aliphatic carboxylic acids is 1. The molecule has 1 aromatic carbocycles. The molecule has 1 amide bonds. The van der Waals surface area contributed by atoms with Crippen molar-refractivity contribution in [2.75, 3.05) is 18.8 Å². The number of hydroxylamine groups is 2. The van der Waals surface area contributed by atoms with Gasteiger partial charge in [0.2, 0.25) is 0 Å². The molecule has 0 saturated carbocycles. The van der Waals surface area contributed by atoms with Crippen molar-refractivity contribution in [1.82, 2.24) is 15.4 Å². The van der Waals surface area contributed by atoms with Crippen LogP contribution in [0.4, 0.5) is 5.13 Å². The third kappa shape index (κ3) is 9.05. The number of thiazole rings is 1. The van der Waals surface area contributed by atoms with Gasteiger partial charge in [-0.15, -0.1) is 15.6 Å². The molecular formula is C32H42N6O12S2. The zero-order valence-corrected chi connectivity index (χ0v) is 30.3. The number of rotatable bonds is 14. The van der Waals surface area contributed by atoms with E-state index in [1.165, 1.54) is 31.8 Å². The number of carboxylic acids is 1. The summed E-state index contributed by atoms with van der Waals surface area (Å²) in [5.74, 6) is -3.28. The summed E-state index contributed by atoms with van der Waals surface area (Å²) >= 11 is 1.01. The second-order valence-corrected chi connectivity index (χ2v) is 14.9. The second-order valence-electron chi connectivity index (χ2n) is 13.0. The number of ketones is 1. The van der Waals surface area contributed by atoms with Crippen LogP contribution >= 0.6 is 11.3 Å². The van der Waals surface area contributed by atoms with Crippen LogP contribution < -0.4 is 21.5 Å². The van der Waals surface area contributed by atoms with Crippen molar-refractivity contribution < 1.29 is 56.2 Å². The average Bonchev–Trinajstić information content (AvgIpc) is 3.53. The van der Waals surface area contributed by atoms with Crippen molar-refractivity contribution in [3.63, 3.8) is 0 Å². The van der Waals surface area contributed by atoms with Crippen LogP contribution in [-0.2, 0) is 45.1 Å². The number of amides is 1. The Morgan fingerprint density at radius 3 is 2.60 bits per heavy atom. The van der Waals surface area contributed by atoms with Crippen LogP contribution in [0, 0.1) is 5.92 Å². The molecule has 0 spiro atoms. The maximum absolute atomic E-state index is 13.6. The van der Waals surface area contributed by atoms with Gasteiger partial charge in [0.05, 0.1) is 11.5 Å². The lowest BCUT2D eigenvalue weighted by molar-refractivity contribution is -0.228. The molecule has 0 aliphatic carbocycles. The Bertz CT molecular complexity index is 1850. The minimum Gasteiger partial charge on any atom is -0.485 e. The molecule has 0 bridgehead atoms. The van der Waals surface area contributed by atoms with Crippen molar-refractivity contribution in [3.8, 4) is 5.75 Å². The van der Waals surface area contributed by atoms with Gasteiger partial charge in [0.15, 0.2) is 22.7 Å². The lowest BCUT2D eigenvalue weighted by atomic mass is 9.74. The molecule has 5 rings (SSSR count). The first kappa shape index (κ1) is 40.1. The summed E-state index contributed by atoms with van der Waals surface area (Å²) < 4.78 is 42.0. The highest BCUT2D eigenvalue weighted by molar-refractivity contribution is 7.80. The van der Waals surface area contributed by atoms with E-state index in [2.05, 4.69) is 31.9 Å². The zero-order chi connectivity index (χ0) is 38.4. The van der Waals surface area contributed by atoms with Crippen molar-refractivity contribution in [3.05, 3.63) is 52.2 Å². The maximum Gasteiger partial charge on any atom is 0.418 e. The first-order chi connectivity index (χ1) is 24.4. The van der Waals surface area contributed by atoms with E-state index in [9.17, 15) is 27.9 Å². The highest BCUT2D eigenvalue weighted by Crippen LogP contribution is 2.41. The van der Waals surface area contributed by atoms with Gasteiger partial charge in [-0.3, -0.25) is 18.9 Å². The Morgan fingerprint density at radius 1 is 1.33 bits per heavy atom. The third-order valence-corrected chi connectivity index (χ3v) is 10.2. The number of nitrogens with two attached hydrogens (primary N) is 2. The Hall–Kier alpha value is -4.63. The molecule has 2 aromatic rings.